The molecular weight excluding hydrogens is 733 g/mol. The predicted octanol–water partition coefficient (Wildman–Crippen LogP) is 14.4. The Bertz CT molecular complexity index is 3410. The molecule has 0 amide bonds. The molecule has 266 valence electrons. The summed E-state index contributed by atoms with van der Waals surface area (Å²) in [5, 5.41) is 7.47. The molecule has 6 heteroatoms. The van der Waals surface area contributed by atoms with Crippen molar-refractivity contribution in [3.63, 3.8) is 0 Å². The highest BCUT2D eigenvalue weighted by Gasteiger charge is 2.22. The molecule has 0 radical (unpaired) electrons. The minimum absolute atomic E-state index is 0.658. The summed E-state index contributed by atoms with van der Waals surface area (Å²) in [4.78, 5) is 15.3. The fraction of sp³-hybridized carbons (Fsp3) is 0. The molecule has 4 heterocycles. The number of thiophene rings is 2. The van der Waals surface area contributed by atoms with Crippen molar-refractivity contribution in [2.45, 2.75) is 0 Å². The SMILES string of the molecule is c1ccc(-c2nc(-c3ccccc3)nc(-c3cccc4sc5cccc(-c6cccc7c6sc6c(-n8c9ccccc9c9ccccc98)cccc67)c5c34)n2)cc1. The van der Waals surface area contributed by atoms with E-state index in [0.717, 1.165) is 16.7 Å². The minimum atomic E-state index is 0.658. The number of para-hydroxylation sites is 2. The number of aromatic nitrogens is 4. The van der Waals surface area contributed by atoms with Gasteiger partial charge in [0, 0.05) is 68.7 Å². The Labute approximate surface area is 335 Å². The van der Waals surface area contributed by atoms with Crippen molar-refractivity contribution >= 4 is 84.8 Å². The second kappa shape index (κ2) is 12.8. The van der Waals surface area contributed by atoms with Crippen LogP contribution in [0.3, 0.4) is 0 Å². The van der Waals surface area contributed by atoms with Gasteiger partial charge >= 0.3 is 0 Å². The lowest BCUT2D eigenvalue weighted by Gasteiger charge is -2.11. The zero-order valence-corrected chi connectivity index (χ0v) is 32.1. The summed E-state index contributed by atoms with van der Waals surface area (Å²) in [6.07, 6.45) is 0. The van der Waals surface area contributed by atoms with Gasteiger partial charge in [-0.25, -0.2) is 15.0 Å². The van der Waals surface area contributed by atoms with Crippen LogP contribution in [0.15, 0.2) is 182 Å². The molecule has 0 fully saturated rings. The molecule has 57 heavy (non-hydrogen) atoms. The normalized spacial score (nSPS) is 11.9. The third kappa shape index (κ3) is 5.01. The second-order valence-electron chi connectivity index (χ2n) is 14.3. The molecule has 0 saturated carbocycles. The van der Waals surface area contributed by atoms with E-state index in [4.69, 9.17) is 15.0 Å². The van der Waals surface area contributed by atoms with Gasteiger partial charge in [0.15, 0.2) is 17.5 Å². The first kappa shape index (κ1) is 32.3. The molecule has 0 unspecified atom stereocenters. The van der Waals surface area contributed by atoms with Crippen molar-refractivity contribution in [1.29, 1.82) is 0 Å². The van der Waals surface area contributed by atoms with Crippen LogP contribution in [0.4, 0.5) is 0 Å². The fourth-order valence-corrected chi connectivity index (χ4v) is 11.1. The van der Waals surface area contributed by atoms with E-state index in [1.165, 1.54) is 79.0 Å². The first-order valence-electron chi connectivity index (χ1n) is 19.0. The lowest BCUT2D eigenvalue weighted by molar-refractivity contribution is 1.08. The van der Waals surface area contributed by atoms with Crippen molar-refractivity contribution in [3.8, 4) is 51.0 Å². The molecular formula is C51H30N4S2. The number of benzene rings is 8. The van der Waals surface area contributed by atoms with Gasteiger partial charge in [-0.05, 0) is 35.9 Å². The van der Waals surface area contributed by atoms with Crippen molar-refractivity contribution in [1.82, 2.24) is 19.5 Å². The van der Waals surface area contributed by atoms with Gasteiger partial charge in [0.25, 0.3) is 0 Å². The highest BCUT2D eigenvalue weighted by atomic mass is 32.1. The molecule has 0 saturated heterocycles. The predicted molar refractivity (Wildman–Crippen MR) is 242 cm³/mol. The van der Waals surface area contributed by atoms with Gasteiger partial charge in [0.2, 0.25) is 0 Å². The summed E-state index contributed by atoms with van der Waals surface area (Å²) in [6.45, 7) is 0. The molecule has 0 aliphatic carbocycles. The van der Waals surface area contributed by atoms with E-state index in [1.807, 2.05) is 59.1 Å². The van der Waals surface area contributed by atoms with Crippen molar-refractivity contribution < 1.29 is 0 Å². The monoisotopic (exact) mass is 762 g/mol. The van der Waals surface area contributed by atoms with Gasteiger partial charge in [0.05, 0.1) is 21.4 Å². The Morgan fingerprint density at radius 1 is 0.333 bits per heavy atom. The number of rotatable bonds is 5. The largest absolute Gasteiger partial charge is 0.308 e. The number of hydrogen-bond acceptors (Lipinski definition) is 5. The first-order chi connectivity index (χ1) is 28.3. The molecule has 4 aromatic heterocycles. The molecule has 0 aliphatic heterocycles. The Morgan fingerprint density at radius 2 is 0.807 bits per heavy atom. The maximum atomic E-state index is 5.18. The standard InChI is InChI=1S/C51H30N4S2/c1-3-15-31(16-4-1)49-52-50(32-17-5-2-6-18-32)54-51(53-49)39-25-14-30-44-46(39)45-35(21-13-29-43(45)56-44)36-22-11-23-37-38-24-12-28-42(48(38)57-47(36)37)55-40-26-9-7-19-33(40)34-20-8-10-27-41(34)55/h1-30H. The molecule has 0 bridgehead atoms. The average Bonchev–Trinajstić information content (AvgIpc) is 3.97. The van der Waals surface area contributed by atoms with Crippen LogP contribution in [0.5, 0.6) is 0 Å². The summed E-state index contributed by atoms with van der Waals surface area (Å²) in [7, 11) is 0. The molecule has 0 N–H and O–H groups in total. The van der Waals surface area contributed by atoms with Gasteiger partial charge in [-0.15, -0.1) is 22.7 Å². The molecule has 8 aromatic carbocycles. The summed E-state index contributed by atoms with van der Waals surface area (Å²) >= 11 is 3.71. The van der Waals surface area contributed by atoms with Gasteiger partial charge in [-0.2, -0.15) is 0 Å². The van der Waals surface area contributed by atoms with Crippen molar-refractivity contribution in [2.75, 3.05) is 0 Å². The second-order valence-corrected chi connectivity index (χ2v) is 16.4. The van der Waals surface area contributed by atoms with Gasteiger partial charge in [0.1, 0.15) is 0 Å². The third-order valence-electron chi connectivity index (χ3n) is 11.1. The van der Waals surface area contributed by atoms with Crippen LogP contribution >= 0.6 is 22.7 Å². The van der Waals surface area contributed by atoms with Crippen LogP contribution in [0.25, 0.3) is 113 Å². The minimum Gasteiger partial charge on any atom is -0.308 e. The van der Waals surface area contributed by atoms with E-state index in [2.05, 4.69) is 150 Å². The molecule has 0 spiro atoms. The van der Waals surface area contributed by atoms with E-state index < -0.39 is 0 Å². The zero-order valence-electron chi connectivity index (χ0n) is 30.4. The maximum absolute atomic E-state index is 5.18. The van der Waals surface area contributed by atoms with Crippen LogP contribution in [-0.2, 0) is 0 Å². The lowest BCUT2D eigenvalue weighted by Crippen LogP contribution is -2.00. The van der Waals surface area contributed by atoms with Crippen molar-refractivity contribution in [2.24, 2.45) is 0 Å². The van der Waals surface area contributed by atoms with Crippen molar-refractivity contribution in [3.05, 3.63) is 182 Å². The molecule has 0 atom stereocenters. The van der Waals surface area contributed by atoms with Gasteiger partial charge in [-0.3, -0.25) is 0 Å². The summed E-state index contributed by atoms with van der Waals surface area (Å²) in [6, 6.07) is 64.7. The molecule has 4 nitrogen and oxygen atoms in total. The topological polar surface area (TPSA) is 43.6 Å². The zero-order chi connectivity index (χ0) is 37.5. The Kier molecular flexibility index (Phi) is 7.24. The summed E-state index contributed by atoms with van der Waals surface area (Å²) in [5.74, 6) is 1.98. The number of fused-ring (bicyclic) bond motifs is 9. The summed E-state index contributed by atoms with van der Waals surface area (Å²) < 4.78 is 7.45. The quantitative estimate of drug-likeness (QED) is 0.175. The van der Waals surface area contributed by atoms with Crippen LogP contribution in [0, 0.1) is 0 Å². The van der Waals surface area contributed by atoms with Crippen LogP contribution < -0.4 is 0 Å². The fourth-order valence-electron chi connectivity index (χ4n) is 8.58. The van der Waals surface area contributed by atoms with Crippen LogP contribution in [0.1, 0.15) is 0 Å². The third-order valence-corrected chi connectivity index (χ3v) is 13.5. The highest BCUT2D eigenvalue weighted by molar-refractivity contribution is 7.27. The smallest absolute Gasteiger partial charge is 0.164 e. The van der Waals surface area contributed by atoms with Crippen LogP contribution in [-0.4, -0.2) is 19.5 Å². The van der Waals surface area contributed by atoms with Crippen LogP contribution in [0.2, 0.25) is 0 Å². The van der Waals surface area contributed by atoms with E-state index in [9.17, 15) is 0 Å². The Morgan fingerprint density at radius 3 is 1.46 bits per heavy atom. The molecule has 12 aromatic rings. The Balaban J connectivity index is 1.11. The maximum Gasteiger partial charge on any atom is 0.164 e. The molecule has 0 aliphatic rings. The van der Waals surface area contributed by atoms with E-state index in [-0.39, 0.29) is 0 Å². The van der Waals surface area contributed by atoms with Gasteiger partial charge in [-0.1, -0.05) is 152 Å². The van der Waals surface area contributed by atoms with Gasteiger partial charge < -0.3 is 4.57 Å². The summed E-state index contributed by atoms with van der Waals surface area (Å²) in [5.41, 5.74) is 8.99. The highest BCUT2D eigenvalue weighted by Crippen LogP contribution is 2.48. The average molecular weight is 763 g/mol. The van der Waals surface area contributed by atoms with E-state index in [0.29, 0.717) is 17.5 Å². The Hall–Kier alpha value is -6.99. The number of hydrogen-bond donors (Lipinski definition) is 0. The molecule has 12 rings (SSSR count). The lowest BCUT2D eigenvalue weighted by atomic mass is 9.96. The van der Waals surface area contributed by atoms with E-state index >= 15 is 0 Å². The number of nitrogens with zero attached hydrogens (tertiary/aromatic N) is 4. The first-order valence-corrected chi connectivity index (χ1v) is 20.7. The van der Waals surface area contributed by atoms with E-state index in [1.54, 1.807) is 0 Å².